The number of amides is 2. The Morgan fingerprint density at radius 3 is 2.56 bits per heavy atom. The second-order valence-electron chi connectivity index (χ2n) is 5.38. The maximum absolute atomic E-state index is 12.8. The van der Waals surface area contributed by atoms with Crippen molar-refractivity contribution >= 4 is 27.7 Å². The molecule has 0 saturated carbocycles. The van der Waals surface area contributed by atoms with Gasteiger partial charge in [0.25, 0.3) is 5.91 Å². The first-order valence-corrected chi connectivity index (χ1v) is 8.48. The van der Waals surface area contributed by atoms with E-state index in [0.717, 1.165) is 10.0 Å². The summed E-state index contributed by atoms with van der Waals surface area (Å²) in [5.74, 6) is -0.581. The van der Waals surface area contributed by atoms with Crippen LogP contribution >= 0.6 is 15.9 Å². The molecule has 2 amide bonds. The minimum absolute atomic E-state index is 0.173. The van der Waals surface area contributed by atoms with Crippen LogP contribution in [-0.4, -0.2) is 17.9 Å². The lowest BCUT2D eigenvalue weighted by molar-refractivity contribution is -0.132. The molecule has 0 radical (unpaired) electrons. The summed E-state index contributed by atoms with van der Waals surface area (Å²) in [5, 5.41) is 0. The number of carbonyl (C=O) groups excluding carboxylic acids is 2. The van der Waals surface area contributed by atoms with Crippen LogP contribution in [0.1, 0.15) is 18.9 Å². The number of hydrogen-bond acceptors (Lipinski definition) is 3. The van der Waals surface area contributed by atoms with Crippen LogP contribution < -0.4 is 15.6 Å². The highest BCUT2D eigenvalue weighted by atomic mass is 79.9. The van der Waals surface area contributed by atoms with E-state index in [1.54, 1.807) is 37.3 Å². The Labute approximate surface area is 153 Å². The van der Waals surface area contributed by atoms with Gasteiger partial charge in [-0.05, 0) is 49.2 Å². The summed E-state index contributed by atoms with van der Waals surface area (Å²) >= 11 is 3.32. The van der Waals surface area contributed by atoms with E-state index >= 15 is 0 Å². The van der Waals surface area contributed by atoms with Crippen molar-refractivity contribution < 1.29 is 18.7 Å². The molecular formula is C18H18BrFN2O3. The van der Waals surface area contributed by atoms with Gasteiger partial charge in [0.2, 0.25) is 5.91 Å². The van der Waals surface area contributed by atoms with Gasteiger partial charge in [-0.15, -0.1) is 0 Å². The molecule has 2 aromatic rings. The number of carbonyl (C=O) groups is 2. The van der Waals surface area contributed by atoms with E-state index in [9.17, 15) is 14.0 Å². The second-order valence-corrected chi connectivity index (χ2v) is 6.30. The Balaban J connectivity index is 1.72. The van der Waals surface area contributed by atoms with Crippen LogP contribution in [0.2, 0.25) is 0 Å². The molecule has 0 spiro atoms. The van der Waals surface area contributed by atoms with Crippen molar-refractivity contribution in [2.45, 2.75) is 25.9 Å². The highest BCUT2D eigenvalue weighted by molar-refractivity contribution is 9.10. The van der Waals surface area contributed by atoms with Gasteiger partial charge in [0.15, 0.2) is 6.10 Å². The van der Waals surface area contributed by atoms with Crippen LogP contribution in [0.15, 0.2) is 53.0 Å². The van der Waals surface area contributed by atoms with E-state index in [1.165, 1.54) is 12.1 Å². The molecule has 0 aromatic heterocycles. The number of halogens is 2. The Bertz CT molecular complexity index is 737. The third kappa shape index (κ3) is 6.54. The van der Waals surface area contributed by atoms with Crippen molar-refractivity contribution in [1.82, 2.24) is 10.9 Å². The quantitative estimate of drug-likeness (QED) is 0.721. The lowest BCUT2D eigenvalue weighted by Crippen LogP contribution is -2.47. The molecule has 0 saturated heterocycles. The summed E-state index contributed by atoms with van der Waals surface area (Å²) in [5.41, 5.74) is 5.51. The third-order valence-electron chi connectivity index (χ3n) is 3.36. The van der Waals surface area contributed by atoms with Crippen molar-refractivity contribution in [3.63, 3.8) is 0 Å². The fourth-order valence-corrected chi connectivity index (χ4v) is 2.38. The zero-order valence-electron chi connectivity index (χ0n) is 13.6. The molecule has 0 heterocycles. The first-order valence-electron chi connectivity index (χ1n) is 7.69. The van der Waals surface area contributed by atoms with Crippen LogP contribution in [0.25, 0.3) is 0 Å². The van der Waals surface area contributed by atoms with E-state index in [1.807, 2.05) is 6.07 Å². The van der Waals surface area contributed by atoms with Gasteiger partial charge in [0.1, 0.15) is 11.6 Å². The molecular weight excluding hydrogens is 391 g/mol. The molecule has 7 heteroatoms. The molecule has 5 nitrogen and oxygen atoms in total. The number of hydrazine groups is 1. The first kappa shape index (κ1) is 18.9. The predicted octanol–water partition coefficient (Wildman–Crippen LogP) is 3.14. The molecule has 2 N–H and O–H groups in total. The zero-order chi connectivity index (χ0) is 18.2. The van der Waals surface area contributed by atoms with Gasteiger partial charge in [-0.25, -0.2) is 4.39 Å². The molecule has 0 aliphatic rings. The standard InChI is InChI=1S/C18H18BrFN2O3/c1-12(25-16-4-2-3-14(19)11-16)18(24)22-21-17(23)10-7-13-5-8-15(20)9-6-13/h2-6,8-9,11-12H,7,10H2,1H3,(H,21,23)(H,22,24)/t12-/m1/s1. The van der Waals surface area contributed by atoms with Gasteiger partial charge in [0, 0.05) is 10.9 Å². The van der Waals surface area contributed by atoms with E-state index in [0.29, 0.717) is 12.2 Å². The monoisotopic (exact) mass is 408 g/mol. The summed E-state index contributed by atoms with van der Waals surface area (Å²) < 4.78 is 19.1. The number of benzene rings is 2. The van der Waals surface area contributed by atoms with Crippen LogP contribution in [0.4, 0.5) is 4.39 Å². The van der Waals surface area contributed by atoms with Gasteiger partial charge in [0.05, 0.1) is 0 Å². The van der Waals surface area contributed by atoms with E-state index in [4.69, 9.17) is 4.74 Å². The number of nitrogens with one attached hydrogen (secondary N) is 2. The Morgan fingerprint density at radius 2 is 1.88 bits per heavy atom. The minimum atomic E-state index is -0.772. The Hall–Kier alpha value is -2.41. The molecule has 25 heavy (non-hydrogen) atoms. The first-order chi connectivity index (χ1) is 11.9. The molecule has 0 aliphatic carbocycles. The highest BCUT2D eigenvalue weighted by Gasteiger charge is 2.15. The molecule has 0 unspecified atom stereocenters. The average Bonchev–Trinajstić information content (AvgIpc) is 2.59. The minimum Gasteiger partial charge on any atom is -0.481 e. The predicted molar refractivity (Wildman–Crippen MR) is 95.2 cm³/mol. The molecule has 0 fully saturated rings. The van der Waals surface area contributed by atoms with E-state index in [-0.39, 0.29) is 18.1 Å². The summed E-state index contributed by atoms with van der Waals surface area (Å²) in [6, 6.07) is 13.0. The number of rotatable bonds is 6. The lowest BCUT2D eigenvalue weighted by Gasteiger charge is -2.15. The smallest absolute Gasteiger partial charge is 0.279 e. The third-order valence-corrected chi connectivity index (χ3v) is 3.85. The van der Waals surface area contributed by atoms with Crippen LogP contribution in [0.5, 0.6) is 5.75 Å². The zero-order valence-corrected chi connectivity index (χ0v) is 15.2. The van der Waals surface area contributed by atoms with Crippen LogP contribution in [0, 0.1) is 5.82 Å². The SMILES string of the molecule is C[C@@H](Oc1cccc(Br)c1)C(=O)NNC(=O)CCc1ccc(F)cc1. The molecule has 1 atom stereocenters. The van der Waals surface area contributed by atoms with Gasteiger partial charge in [-0.1, -0.05) is 34.1 Å². The fourth-order valence-electron chi connectivity index (χ4n) is 2.00. The fraction of sp³-hybridized carbons (Fsp3) is 0.222. The van der Waals surface area contributed by atoms with Crippen molar-refractivity contribution in [3.05, 3.63) is 64.4 Å². The molecule has 132 valence electrons. The van der Waals surface area contributed by atoms with Gasteiger partial charge < -0.3 is 4.74 Å². The van der Waals surface area contributed by atoms with Crippen molar-refractivity contribution in [1.29, 1.82) is 0 Å². The van der Waals surface area contributed by atoms with Gasteiger partial charge in [-0.2, -0.15) is 0 Å². The van der Waals surface area contributed by atoms with Gasteiger partial charge >= 0.3 is 0 Å². The lowest BCUT2D eigenvalue weighted by atomic mass is 10.1. The molecule has 2 rings (SSSR count). The second kappa shape index (κ2) is 9.17. The summed E-state index contributed by atoms with van der Waals surface area (Å²) in [7, 11) is 0. The largest absolute Gasteiger partial charge is 0.481 e. The molecule has 2 aromatic carbocycles. The Kier molecular flexibility index (Phi) is 6.94. The van der Waals surface area contributed by atoms with Crippen molar-refractivity contribution in [3.8, 4) is 5.75 Å². The van der Waals surface area contributed by atoms with Crippen molar-refractivity contribution in [2.24, 2.45) is 0 Å². The number of ether oxygens (including phenoxy) is 1. The number of aryl methyl sites for hydroxylation is 1. The van der Waals surface area contributed by atoms with E-state index < -0.39 is 12.0 Å². The average molecular weight is 409 g/mol. The van der Waals surface area contributed by atoms with Gasteiger partial charge in [-0.3, -0.25) is 20.4 Å². The number of hydrogen-bond donors (Lipinski definition) is 2. The molecule has 0 aliphatic heterocycles. The van der Waals surface area contributed by atoms with Crippen molar-refractivity contribution in [2.75, 3.05) is 0 Å². The maximum atomic E-state index is 12.8. The Morgan fingerprint density at radius 1 is 1.16 bits per heavy atom. The molecule has 0 bridgehead atoms. The maximum Gasteiger partial charge on any atom is 0.279 e. The summed E-state index contributed by atoms with van der Waals surface area (Å²) in [6.07, 6.45) is -0.148. The van der Waals surface area contributed by atoms with E-state index in [2.05, 4.69) is 26.8 Å². The topological polar surface area (TPSA) is 67.4 Å². The highest BCUT2D eigenvalue weighted by Crippen LogP contribution is 2.18. The summed E-state index contributed by atoms with van der Waals surface area (Å²) in [6.45, 7) is 1.58. The van der Waals surface area contributed by atoms with Crippen LogP contribution in [-0.2, 0) is 16.0 Å². The van der Waals surface area contributed by atoms with Crippen LogP contribution in [0.3, 0.4) is 0 Å². The normalized spacial score (nSPS) is 11.5. The summed E-state index contributed by atoms with van der Waals surface area (Å²) in [4.78, 5) is 23.7.